The number of amides is 2. The van der Waals surface area contributed by atoms with Gasteiger partial charge in [-0.1, -0.05) is 94.1 Å². The Labute approximate surface area is 182 Å². The lowest BCUT2D eigenvalue weighted by atomic mass is 9.91. The zero-order valence-corrected chi connectivity index (χ0v) is 18.6. The zero-order valence-electron chi connectivity index (χ0n) is 18.6. The largest absolute Gasteiger partial charge is 0.271 e. The molecule has 0 spiro atoms. The van der Waals surface area contributed by atoms with Gasteiger partial charge in [0.05, 0.1) is 18.4 Å². The van der Waals surface area contributed by atoms with Gasteiger partial charge in [-0.3, -0.25) is 14.4 Å². The summed E-state index contributed by atoms with van der Waals surface area (Å²) in [6, 6.07) is 0. The third-order valence-electron chi connectivity index (χ3n) is 5.67. The molecular formula is C26H39NO3. The molecule has 0 bridgehead atoms. The van der Waals surface area contributed by atoms with Crippen molar-refractivity contribution in [2.24, 2.45) is 11.8 Å². The molecule has 1 aliphatic carbocycles. The van der Waals surface area contributed by atoms with Crippen molar-refractivity contribution in [3.05, 3.63) is 48.6 Å². The molecule has 0 aromatic carbocycles. The molecule has 0 N–H and O–H groups in total. The van der Waals surface area contributed by atoms with E-state index in [1.165, 1.54) is 51.4 Å². The highest BCUT2D eigenvalue weighted by Gasteiger charge is 2.46. The van der Waals surface area contributed by atoms with Crippen molar-refractivity contribution in [3.63, 3.8) is 0 Å². The molecule has 166 valence electrons. The number of nitrogens with zero attached hydrogens (tertiary/aromatic N) is 1. The Morgan fingerprint density at radius 1 is 0.767 bits per heavy atom. The summed E-state index contributed by atoms with van der Waals surface area (Å²) < 4.78 is 0. The van der Waals surface area contributed by atoms with Gasteiger partial charge in [0.1, 0.15) is 0 Å². The minimum Gasteiger partial charge on any atom is -0.271 e. The van der Waals surface area contributed by atoms with Crippen molar-refractivity contribution >= 4 is 11.8 Å². The van der Waals surface area contributed by atoms with Gasteiger partial charge in [0, 0.05) is 0 Å². The number of hydroxylamine groups is 2. The van der Waals surface area contributed by atoms with Crippen molar-refractivity contribution in [1.29, 1.82) is 0 Å². The molecule has 1 fully saturated rings. The Bertz CT molecular complexity index is 602. The maximum Gasteiger partial charge on any atom is 0.261 e. The summed E-state index contributed by atoms with van der Waals surface area (Å²) in [7, 11) is 0. The van der Waals surface area contributed by atoms with Crippen LogP contribution in [0.15, 0.2) is 48.6 Å². The van der Waals surface area contributed by atoms with Gasteiger partial charge in [-0.2, -0.15) is 5.06 Å². The normalized spacial score (nSPS) is 20.9. The van der Waals surface area contributed by atoms with Crippen LogP contribution in [0.4, 0.5) is 0 Å². The fourth-order valence-corrected chi connectivity index (χ4v) is 3.83. The number of unbranched alkanes of at least 4 members (excludes halogenated alkanes) is 9. The molecule has 1 aliphatic heterocycles. The maximum atomic E-state index is 12.2. The number of imide groups is 1. The monoisotopic (exact) mass is 413 g/mol. The van der Waals surface area contributed by atoms with Gasteiger partial charge in [0.2, 0.25) is 0 Å². The highest BCUT2D eigenvalue weighted by molar-refractivity contribution is 6.06. The SMILES string of the molecule is CCCCC/C=C\C/C=C\CCCCCCCCON1C(=O)C2C=CC=CC2C1=O. The molecular weight excluding hydrogens is 374 g/mol. The van der Waals surface area contributed by atoms with Crippen molar-refractivity contribution in [1.82, 2.24) is 5.06 Å². The summed E-state index contributed by atoms with van der Waals surface area (Å²) in [5, 5.41) is 0.988. The summed E-state index contributed by atoms with van der Waals surface area (Å²) in [4.78, 5) is 30.0. The molecule has 1 heterocycles. The number of hydrogen-bond acceptors (Lipinski definition) is 3. The fraction of sp³-hybridized carbons (Fsp3) is 0.615. The van der Waals surface area contributed by atoms with Gasteiger partial charge >= 0.3 is 0 Å². The van der Waals surface area contributed by atoms with Crippen LogP contribution in [0.3, 0.4) is 0 Å². The average Bonchev–Trinajstić information content (AvgIpc) is 3.01. The molecule has 0 aromatic heterocycles. The lowest BCUT2D eigenvalue weighted by Crippen LogP contribution is -2.31. The molecule has 1 saturated heterocycles. The Hall–Kier alpha value is -1.94. The second-order valence-electron chi connectivity index (χ2n) is 8.21. The number of carbonyl (C=O) groups excluding carboxylic acids is 2. The van der Waals surface area contributed by atoms with E-state index < -0.39 is 0 Å². The first kappa shape index (κ1) is 24.3. The zero-order chi connectivity index (χ0) is 21.4. The van der Waals surface area contributed by atoms with Crippen LogP contribution in [-0.4, -0.2) is 23.5 Å². The first-order valence-corrected chi connectivity index (χ1v) is 11.9. The summed E-state index contributed by atoms with van der Waals surface area (Å²) in [6.07, 6.45) is 30.6. The van der Waals surface area contributed by atoms with E-state index in [0.29, 0.717) is 6.61 Å². The van der Waals surface area contributed by atoms with E-state index in [-0.39, 0.29) is 23.7 Å². The molecule has 2 atom stereocenters. The van der Waals surface area contributed by atoms with E-state index in [4.69, 9.17) is 4.84 Å². The number of hydrogen-bond donors (Lipinski definition) is 0. The number of rotatable bonds is 16. The third kappa shape index (κ3) is 8.43. The first-order chi connectivity index (χ1) is 14.8. The third-order valence-corrected chi connectivity index (χ3v) is 5.67. The molecule has 2 amide bonds. The summed E-state index contributed by atoms with van der Waals surface area (Å²) in [6.45, 7) is 2.67. The minimum atomic E-state index is -0.377. The van der Waals surface area contributed by atoms with E-state index in [1.807, 2.05) is 12.2 Å². The second kappa shape index (κ2) is 15.0. The van der Waals surface area contributed by atoms with Crippen molar-refractivity contribution < 1.29 is 14.4 Å². The molecule has 2 rings (SSSR count). The number of fused-ring (bicyclic) bond motifs is 1. The van der Waals surface area contributed by atoms with Gasteiger partial charge in [-0.05, 0) is 38.5 Å². The summed E-state index contributed by atoms with van der Waals surface area (Å²) in [5.41, 5.74) is 0. The Balaban J connectivity index is 1.40. The van der Waals surface area contributed by atoms with Crippen molar-refractivity contribution in [3.8, 4) is 0 Å². The highest BCUT2D eigenvalue weighted by atomic mass is 16.7. The van der Waals surface area contributed by atoms with Crippen molar-refractivity contribution in [2.45, 2.75) is 84.0 Å². The quantitative estimate of drug-likeness (QED) is 0.166. The first-order valence-electron chi connectivity index (χ1n) is 11.9. The Kier molecular flexibility index (Phi) is 12.1. The molecule has 4 nitrogen and oxygen atoms in total. The molecule has 0 saturated carbocycles. The lowest BCUT2D eigenvalue weighted by Gasteiger charge is -2.13. The van der Waals surface area contributed by atoms with Gasteiger partial charge < -0.3 is 0 Å². The van der Waals surface area contributed by atoms with Gasteiger partial charge in [0.15, 0.2) is 0 Å². The molecule has 2 aliphatic rings. The maximum absolute atomic E-state index is 12.2. The fourth-order valence-electron chi connectivity index (χ4n) is 3.83. The van der Waals surface area contributed by atoms with E-state index in [9.17, 15) is 9.59 Å². The van der Waals surface area contributed by atoms with Crippen LogP contribution in [0.2, 0.25) is 0 Å². The highest BCUT2D eigenvalue weighted by Crippen LogP contribution is 2.31. The smallest absolute Gasteiger partial charge is 0.261 e. The average molecular weight is 414 g/mol. The lowest BCUT2D eigenvalue weighted by molar-refractivity contribution is -0.189. The van der Waals surface area contributed by atoms with E-state index >= 15 is 0 Å². The van der Waals surface area contributed by atoms with E-state index in [0.717, 1.165) is 30.7 Å². The number of carbonyl (C=O) groups is 2. The Morgan fingerprint density at radius 3 is 1.90 bits per heavy atom. The summed E-state index contributed by atoms with van der Waals surface area (Å²) in [5.74, 6) is -1.21. The van der Waals surface area contributed by atoms with Crippen LogP contribution in [-0.2, 0) is 14.4 Å². The van der Waals surface area contributed by atoms with Crippen LogP contribution < -0.4 is 0 Å². The topological polar surface area (TPSA) is 46.6 Å². The van der Waals surface area contributed by atoms with Crippen LogP contribution in [0.25, 0.3) is 0 Å². The predicted molar refractivity (Wildman–Crippen MR) is 122 cm³/mol. The van der Waals surface area contributed by atoms with Gasteiger partial charge in [0.25, 0.3) is 11.8 Å². The number of allylic oxidation sites excluding steroid dienone is 6. The summed E-state index contributed by atoms with van der Waals surface area (Å²) >= 11 is 0. The molecule has 0 radical (unpaired) electrons. The van der Waals surface area contributed by atoms with Crippen LogP contribution in [0, 0.1) is 11.8 Å². The van der Waals surface area contributed by atoms with Gasteiger partial charge in [-0.25, -0.2) is 0 Å². The van der Waals surface area contributed by atoms with E-state index in [1.54, 1.807) is 12.2 Å². The Morgan fingerprint density at radius 2 is 1.30 bits per heavy atom. The second-order valence-corrected chi connectivity index (χ2v) is 8.21. The van der Waals surface area contributed by atoms with E-state index in [2.05, 4.69) is 31.2 Å². The molecule has 0 aromatic rings. The standard InChI is InChI=1S/C26H39NO3/c1-2-3-4-5-6-7-8-9-10-11-12-13-14-15-16-19-22-30-27-25(28)23-20-17-18-21-24(23)26(27)29/h6-7,9-10,17-18,20-21,23-24H,2-5,8,11-16,19,22H2,1H3/b7-6-,10-9-. The molecule has 2 unspecified atom stereocenters. The van der Waals surface area contributed by atoms with Crippen LogP contribution in [0.5, 0.6) is 0 Å². The predicted octanol–water partition coefficient (Wildman–Crippen LogP) is 6.46. The molecule has 30 heavy (non-hydrogen) atoms. The van der Waals surface area contributed by atoms with Crippen molar-refractivity contribution in [2.75, 3.05) is 6.61 Å². The van der Waals surface area contributed by atoms with Gasteiger partial charge in [-0.15, -0.1) is 0 Å². The van der Waals surface area contributed by atoms with Crippen LogP contribution >= 0.6 is 0 Å². The van der Waals surface area contributed by atoms with Crippen LogP contribution in [0.1, 0.15) is 84.0 Å². The molecule has 4 heteroatoms. The minimum absolute atomic E-state index is 0.231.